The molecule has 0 aliphatic heterocycles. The average molecular weight is 846 g/mol. The van der Waals surface area contributed by atoms with Crippen LogP contribution in [0.25, 0.3) is 0 Å². The second kappa shape index (κ2) is 43.2. The molecule has 8 heteroatoms. The Bertz CT molecular complexity index is 1080. The van der Waals surface area contributed by atoms with Crippen molar-refractivity contribution in [3.63, 3.8) is 0 Å². The van der Waals surface area contributed by atoms with E-state index in [0.29, 0.717) is 12.8 Å². The third-order valence-electron chi connectivity index (χ3n) is 11.3. The molecular weight excluding hydrogens is 751 g/mol. The van der Waals surface area contributed by atoms with Crippen LogP contribution in [0.3, 0.4) is 0 Å². The van der Waals surface area contributed by atoms with E-state index in [1.165, 1.54) is 135 Å². The van der Waals surface area contributed by atoms with Gasteiger partial charge in [0.2, 0.25) is 0 Å². The number of nitrogens with zero attached hydrogens (tertiary/aromatic N) is 1. The van der Waals surface area contributed by atoms with Crippen LogP contribution in [-0.2, 0) is 28.6 Å². The number of likely N-dealkylation sites (N-methyl/N-ethyl adjacent to an activating group) is 1. The predicted molar refractivity (Wildman–Crippen MR) is 250 cm³/mol. The minimum atomic E-state index is -1.12. The molecule has 2 atom stereocenters. The number of carbonyl (C=O) groups is 3. The number of carboxylic acid groups (broad SMARTS) is 1. The van der Waals surface area contributed by atoms with Gasteiger partial charge in [-0.15, -0.1) is 0 Å². The minimum absolute atomic E-state index is 0.0436. The fourth-order valence-electron chi connectivity index (χ4n) is 7.44. The highest BCUT2D eigenvalue weighted by atomic mass is 16.6. The van der Waals surface area contributed by atoms with Crippen LogP contribution in [0.4, 0.5) is 0 Å². The van der Waals surface area contributed by atoms with Crippen LogP contribution < -0.4 is 5.11 Å². The molecule has 0 saturated carbocycles. The second-order valence-corrected chi connectivity index (χ2v) is 18.0. The van der Waals surface area contributed by atoms with Gasteiger partial charge < -0.3 is 28.6 Å². The van der Waals surface area contributed by atoms with Crippen LogP contribution in [0, 0.1) is 0 Å². The number of hydrogen-bond acceptors (Lipinski definition) is 7. The third kappa shape index (κ3) is 40.9. The van der Waals surface area contributed by atoms with Crippen molar-refractivity contribution in [3.05, 3.63) is 36.5 Å². The molecule has 0 aliphatic carbocycles. The number of allylic oxidation sites excluding steroid dienone is 6. The van der Waals surface area contributed by atoms with E-state index in [4.69, 9.17) is 14.2 Å². The molecule has 0 fully saturated rings. The first-order valence-electron chi connectivity index (χ1n) is 25.0. The molecule has 0 spiro atoms. The Morgan fingerprint density at radius 3 is 1.38 bits per heavy atom. The number of rotatable bonds is 45. The lowest BCUT2D eigenvalue weighted by molar-refractivity contribution is -0.889. The summed E-state index contributed by atoms with van der Waals surface area (Å²) in [5.41, 5.74) is 0. The van der Waals surface area contributed by atoms with Gasteiger partial charge in [0.05, 0.1) is 40.3 Å². The summed E-state index contributed by atoms with van der Waals surface area (Å²) in [5, 5.41) is 11.6. The van der Waals surface area contributed by atoms with Crippen LogP contribution >= 0.6 is 0 Å². The molecule has 0 amide bonds. The van der Waals surface area contributed by atoms with Gasteiger partial charge in [-0.25, -0.2) is 0 Å². The van der Waals surface area contributed by atoms with Gasteiger partial charge in [0.25, 0.3) is 0 Å². The van der Waals surface area contributed by atoms with Gasteiger partial charge in [0.15, 0.2) is 6.10 Å². The number of carboxylic acids is 1. The minimum Gasteiger partial charge on any atom is -0.544 e. The summed E-state index contributed by atoms with van der Waals surface area (Å²) >= 11 is 0. The van der Waals surface area contributed by atoms with Crippen LogP contribution in [0.15, 0.2) is 36.5 Å². The smallest absolute Gasteiger partial charge is 0.306 e. The molecule has 0 aromatic heterocycles. The van der Waals surface area contributed by atoms with E-state index in [1.807, 2.05) is 0 Å². The largest absolute Gasteiger partial charge is 0.544 e. The van der Waals surface area contributed by atoms with Crippen LogP contribution in [0.2, 0.25) is 0 Å². The molecule has 0 saturated heterocycles. The first-order chi connectivity index (χ1) is 29.1. The monoisotopic (exact) mass is 846 g/mol. The lowest BCUT2D eigenvalue weighted by Crippen LogP contribution is -2.55. The van der Waals surface area contributed by atoms with E-state index in [0.717, 1.165) is 57.8 Å². The van der Waals surface area contributed by atoms with E-state index in [2.05, 4.69) is 50.3 Å². The summed E-state index contributed by atoms with van der Waals surface area (Å²) in [7, 11) is 5.42. The van der Waals surface area contributed by atoms with Crippen molar-refractivity contribution in [1.29, 1.82) is 0 Å². The lowest BCUT2D eigenvalue weighted by Gasteiger charge is -2.34. The van der Waals surface area contributed by atoms with E-state index in [-0.39, 0.29) is 42.7 Å². The van der Waals surface area contributed by atoms with Crippen molar-refractivity contribution < 1.29 is 38.2 Å². The molecule has 60 heavy (non-hydrogen) atoms. The second-order valence-electron chi connectivity index (χ2n) is 18.0. The normalized spacial score (nSPS) is 13.2. The van der Waals surface area contributed by atoms with Crippen molar-refractivity contribution in [3.8, 4) is 0 Å². The Hall–Kier alpha value is -2.45. The maximum atomic E-state index is 12.8. The molecule has 0 aliphatic rings. The van der Waals surface area contributed by atoms with Crippen molar-refractivity contribution in [2.24, 2.45) is 0 Å². The van der Waals surface area contributed by atoms with E-state index >= 15 is 0 Å². The van der Waals surface area contributed by atoms with E-state index in [1.54, 1.807) is 21.1 Å². The molecule has 2 unspecified atom stereocenters. The summed E-state index contributed by atoms with van der Waals surface area (Å²) in [6.45, 7) is 4.58. The van der Waals surface area contributed by atoms with Gasteiger partial charge in [0.1, 0.15) is 12.6 Å². The zero-order valence-electron chi connectivity index (χ0n) is 39.9. The summed E-state index contributed by atoms with van der Waals surface area (Å²) in [6.07, 6.45) is 50.2. The van der Waals surface area contributed by atoms with Crippen molar-refractivity contribution in [1.82, 2.24) is 0 Å². The molecule has 0 aromatic carbocycles. The number of carbonyl (C=O) groups excluding carboxylic acids is 3. The standard InChI is InChI=1S/C52H95NO7/c1-6-8-10-12-14-16-18-20-22-23-24-25-26-27-29-30-32-34-36-38-40-42-50(54)59-47-48(46-58-45-44-49(52(56)57)53(3,4)5)60-51(55)43-41-39-37-35-33-31-28-21-19-17-15-13-11-9-7-2/h8,10,14,16,20,22,48-49H,6-7,9,11-13,15,17-19,21,23-47H2,1-5H3/b10-8+,16-14+,22-20+. The SMILES string of the molecule is CC/C=C/C/C=C/C/C=C/CCCCCCCCCCCCCC(=O)OCC(COCCC(C(=O)[O-])[N+](C)(C)C)OC(=O)CCCCCCCCCCCCCCCCC. The quantitative estimate of drug-likeness (QED) is 0.0260. The van der Waals surface area contributed by atoms with Crippen LogP contribution in [0.5, 0.6) is 0 Å². The Morgan fingerprint density at radius 1 is 0.517 bits per heavy atom. The maximum absolute atomic E-state index is 12.8. The number of ether oxygens (including phenoxy) is 3. The number of aliphatic carboxylic acids is 1. The molecular formula is C52H95NO7. The van der Waals surface area contributed by atoms with Crippen molar-refractivity contribution in [2.45, 2.75) is 238 Å². The molecule has 0 radical (unpaired) electrons. The maximum Gasteiger partial charge on any atom is 0.306 e. The summed E-state index contributed by atoms with van der Waals surface area (Å²) in [4.78, 5) is 37.0. The highest BCUT2D eigenvalue weighted by Gasteiger charge is 2.25. The molecule has 8 nitrogen and oxygen atoms in total. The fourth-order valence-corrected chi connectivity index (χ4v) is 7.44. The Balaban J connectivity index is 4.21. The van der Waals surface area contributed by atoms with Gasteiger partial charge in [-0.3, -0.25) is 9.59 Å². The van der Waals surface area contributed by atoms with Crippen LogP contribution in [-0.4, -0.2) is 75.5 Å². The number of esters is 2. The Labute approximate surface area is 370 Å². The molecule has 350 valence electrons. The van der Waals surface area contributed by atoms with E-state index in [9.17, 15) is 19.5 Å². The lowest BCUT2D eigenvalue weighted by atomic mass is 10.0. The van der Waals surface area contributed by atoms with Gasteiger partial charge in [-0.1, -0.05) is 198 Å². The number of hydrogen-bond donors (Lipinski definition) is 0. The fraction of sp³-hybridized carbons (Fsp3) is 0.827. The number of unbranched alkanes of at least 4 members (excludes halogenated alkanes) is 25. The zero-order valence-corrected chi connectivity index (χ0v) is 39.9. The average Bonchev–Trinajstić information content (AvgIpc) is 3.21. The van der Waals surface area contributed by atoms with Gasteiger partial charge >= 0.3 is 11.9 Å². The van der Waals surface area contributed by atoms with Crippen molar-refractivity contribution in [2.75, 3.05) is 41.0 Å². The molecule has 0 N–H and O–H groups in total. The van der Waals surface area contributed by atoms with Gasteiger partial charge in [0, 0.05) is 19.3 Å². The zero-order chi connectivity index (χ0) is 44.2. The predicted octanol–water partition coefficient (Wildman–Crippen LogP) is 12.9. The third-order valence-corrected chi connectivity index (χ3v) is 11.3. The summed E-state index contributed by atoms with van der Waals surface area (Å²) in [6, 6.07) is -0.724. The highest BCUT2D eigenvalue weighted by Crippen LogP contribution is 2.16. The van der Waals surface area contributed by atoms with Crippen molar-refractivity contribution >= 4 is 17.9 Å². The number of quaternary nitrogens is 1. The first-order valence-corrected chi connectivity index (χ1v) is 25.0. The Morgan fingerprint density at radius 2 is 0.933 bits per heavy atom. The van der Waals surface area contributed by atoms with Gasteiger partial charge in [-0.2, -0.15) is 0 Å². The molecule has 0 heterocycles. The molecule has 0 rings (SSSR count). The topological polar surface area (TPSA) is 102 Å². The van der Waals surface area contributed by atoms with E-state index < -0.39 is 18.1 Å². The Kier molecular flexibility index (Phi) is 41.4. The molecule has 0 bridgehead atoms. The highest BCUT2D eigenvalue weighted by molar-refractivity contribution is 5.70. The van der Waals surface area contributed by atoms with Crippen LogP contribution in [0.1, 0.15) is 226 Å². The molecule has 0 aromatic rings. The summed E-state index contributed by atoms with van der Waals surface area (Å²) < 4.78 is 17.2. The summed E-state index contributed by atoms with van der Waals surface area (Å²) in [5.74, 6) is -1.72. The van der Waals surface area contributed by atoms with Gasteiger partial charge in [-0.05, 0) is 44.9 Å². The first kappa shape index (κ1) is 57.5.